The lowest BCUT2D eigenvalue weighted by molar-refractivity contribution is -0.120. The van der Waals surface area contributed by atoms with E-state index in [0.717, 1.165) is 19.3 Å². The maximum Gasteiger partial charge on any atom is 0.239 e. The Hall–Kier alpha value is -0.570. The lowest BCUT2D eigenvalue weighted by Gasteiger charge is -2.51. The summed E-state index contributed by atoms with van der Waals surface area (Å²) >= 11 is 0. The van der Waals surface area contributed by atoms with Crippen molar-refractivity contribution in [2.24, 2.45) is 10.4 Å². The Balaban J connectivity index is 0.00000220. The molecule has 0 aromatic rings. The molecule has 2 rings (SSSR count). The fourth-order valence-electron chi connectivity index (χ4n) is 2.56. The largest absolute Gasteiger partial charge is 0.381 e. The fraction of sp³-hybridized carbons (Fsp3) is 0.857. The third-order valence-electron chi connectivity index (χ3n) is 4.36. The van der Waals surface area contributed by atoms with Gasteiger partial charge in [-0.15, -0.1) is 24.0 Å². The first-order valence-electron chi connectivity index (χ1n) is 7.26. The summed E-state index contributed by atoms with van der Waals surface area (Å²) in [7, 11) is 3.46. The van der Waals surface area contributed by atoms with E-state index < -0.39 is 0 Å². The predicted octanol–water partition coefficient (Wildman–Crippen LogP) is 0.861. The maximum absolute atomic E-state index is 11.6. The smallest absolute Gasteiger partial charge is 0.239 e. The van der Waals surface area contributed by atoms with E-state index >= 15 is 0 Å². The zero-order valence-electron chi connectivity index (χ0n) is 13.2. The number of carbonyl (C=O) groups is 1. The van der Waals surface area contributed by atoms with Crippen molar-refractivity contribution in [1.29, 1.82) is 0 Å². The van der Waals surface area contributed by atoms with Crippen LogP contribution in [0.3, 0.4) is 0 Å². The monoisotopic (exact) mass is 410 g/mol. The molecule has 1 amide bonds. The number of aliphatic imine (C=N–C) groups is 1. The Labute approximate surface area is 143 Å². The van der Waals surface area contributed by atoms with Gasteiger partial charge in [0.2, 0.25) is 5.91 Å². The number of guanidine groups is 1. The van der Waals surface area contributed by atoms with Gasteiger partial charge in [-0.1, -0.05) is 13.8 Å². The second-order valence-electron chi connectivity index (χ2n) is 6.25. The molecule has 2 saturated carbocycles. The molecule has 2 aliphatic rings. The van der Waals surface area contributed by atoms with Crippen LogP contribution in [0.2, 0.25) is 0 Å². The maximum atomic E-state index is 11.6. The first kappa shape index (κ1) is 18.5. The molecule has 0 saturated heterocycles. The van der Waals surface area contributed by atoms with Gasteiger partial charge in [-0.2, -0.15) is 0 Å². The predicted molar refractivity (Wildman–Crippen MR) is 94.1 cm³/mol. The van der Waals surface area contributed by atoms with E-state index in [2.05, 4.69) is 34.8 Å². The van der Waals surface area contributed by atoms with Crippen LogP contribution in [0.5, 0.6) is 0 Å². The van der Waals surface area contributed by atoms with Gasteiger partial charge in [0.25, 0.3) is 0 Å². The zero-order chi connectivity index (χ0) is 14.8. The average molecular weight is 410 g/mol. The van der Waals surface area contributed by atoms with Gasteiger partial charge in [0.05, 0.1) is 12.6 Å². The van der Waals surface area contributed by atoms with Crippen LogP contribution in [0, 0.1) is 5.41 Å². The molecule has 2 fully saturated rings. The molecule has 0 aromatic heterocycles. The van der Waals surface area contributed by atoms with Crippen LogP contribution in [0.15, 0.2) is 4.99 Å². The summed E-state index contributed by atoms with van der Waals surface area (Å²) in [6.45, 7) is 4.61. The molecular formula is C14H27IN4O2. The van der Waals surface area contributed by atoms with Crippen LogP contribution in [-0.2, 0) is 9.53 Å². The molecule has 21 heavy (non-hydrogen) atoms. The summed E-state index contributed by atoms with van der Waals surface area (Å²) in [6, 6.07) is 0.706. The number of nitrogens with one attached hydrogen (secondary N) is 3. The van der Waals surface area contributed by atoms with E-state index in [0.29, 0.717) is 18.0 Å². The number of hydrogen-bond acceptors (Lipinski definition) is 3. The van der Waals surface area contributed by atoms with Crippen LogP contribution in [0.4, 0.5) is 0 Å². The number of methoxy groups -OCH3 is 1. The van der Waals surface area contributed by atoms with Crippen molar-refractivity contribution in [1.82, 2.24) is 16.0 Å². The number of ether oxygens (including phenoxy) is 1. The van der Waals surface area contributed by atoms with Gasteiger partial charge >= 0.3 is 0 Å². The molecule has 0 spiro atoms. The highest BCUT2D eigenvalue weighted by Gasteiger charge is 2.48. The van der Waals surface area contributed by atoms with Crippen LogP contribution in [-0.4, -0.2) is 50.8 Å². The molecule has 2 unspecified atom stereocenters. The lowest BCUT2D eigenvalue weighted by atomic mass is 9.64. The molecule has 7 heteroatoms. The standard InChI is InChI=1S/C14H26N4O2.HI/c1-14(2)10(7-11(14)20-4)18-13(15-3)16-8-12(19)17-9-5-6-9;/h9-11H,5-8H2,1-4H3,(H,17,19)(H2,15,16,18);1H. The van der Waals surface area contributed by atoms with Crippen molar-refractivity contribution >= 4 is 35.8 Å². The molecule has 122 valence electrons. The molecule has 3 N–H and O–H groups in total. The first-order valence-corrected chi connectivity index (χ1v) is 7.26. The van der Waals surface area contributed by atoms with Crippen molar-refractivity contribution < 1.29 is 9.53 Å². The van der Waals surface area contributed by atoms with E-state index in [1.807, 2.05) is 0 Å². The highest BCUT2D eigenvalue weighted by molar-refractivity contribution is 14.0. The van der Waals surface area contributed by atoms with Gasteiger partial charge in [-0.3, -0.25) is 9.79 Å². The average Bonchev–Trinajstić information content (AvgIpc) is 3.21. The van der Waals surface area contributed by atoms with Gasteiger partial charge in [-0.05, 0) is 19.3 Å². The van der Waals surface area contributed by atoms with Crippen LogP contribution in [0.1, 0.15) is 33.1 Å². The van der Waals surface area contributed by atoms with E-state index in [1.54, 1.807) is 14.2 Å². The van der Waals surface area contributed by atoms with E-state index in [9.17, 15) is 4.79 Å². The molecule has 0 radical (unpaired) electrons. The highest BCUT2D eigenvalue weighted by Crippen LogP contribution is 2.42. The Kier molecular flexibility index (Phi) is 6.71. The van der Waals surface area contributed by atoms with Gasteiger partial charge in [-0.25, -0.2) is 0 Å². The minimum absolute atomic E-state index is 0. The number of nitrogens with zero attached hydrogens (tertiary/aromatic N) is 1. The summed E-state index contributed by atoms with van der Waals surface area (Å²) in [5.41, 5.74) is 0.0721. The van der Waals surface area contributed by atoms with E-state index in [1.165, 1.54) is 0 Å². The second-order valence-corrected chi connectivity index (χ2v) is 6.25. The molecule has 6 nitrogen and oxygen atoms in total. The Morgan fingerprint density at radius 1 is 1.33 bits per heavy atom. The minimum atomic E-state index is 0. The summed E-state index contributed by atoms with van der Waals surface area (Å²) in [6.07, 6.45) is 3.44. The summed E-state index contributed by atoms with van der Waals surface area (Å²) < 4.78 is 5.43. The van der Waals surface area contributed by atoms with Crippen molar-refractivity contribution in [3.05, 3.63) is 0 Å². The quantitative estimate of drug-likeness (QED) is 0.357. The SMILES string of the molecule is CN=C(NCC(=O)NC1CC1)NC1CC(OC)C1(C)C.I. The van der Waals surface area contributed by atoms with Crippen LogP contribution >= 0.6 is 24.0 Å². The van der Waals surface area contributed by atoms with Crippen molar-refractivity contribution in [2.45, 2.75) is 51.3 Å². The van der Waals surface area contributed by atoms with Gasteiger partial charge in [0.1, 0.15) is 0 Å². The Bertz CT molecular complexity index is 396. The van der Waals surface area contributed by atoms with Crippen molar-refractivity contribution in [3.63, 3.8) is 0 Å². The minimum Gasteiger partial charge on any atom is -0.381 e. The van der Waals surface area contributed by atoms with Gasteiger partial charge < -0.3 is 20.7 Å². The van der Waals surface area contributed by atoms with Crippen molar-refractivity contribution in [3.8, 4) is 0 Å². The Morgan fingerprint density at radius 2 is 2.00 bits per heavy atom. The highest BCUT2D eigenvalue weighted by atomic mass is 127. The van der Waals surface area contributed by atoms with Crippen LogP contribution in [0.25, 0.3) is 0 Å². The second kappa shape index (κ2) is 7.62. The third-order valence-corrected chi connectivity index (χ3v) is 4.36. The topological polar surface area (TPSA) is 74.8 Å². The number of carbonyl (C=O) groups excluding carboxylic acids is 1. The van der Waals surface area contributed by atoms with Crippen LogP contribution < -0.4 is 16.0 Å². The number of rotatable bonds is 5. The lowest BCUT2D eigenvalue weighted by Crippen LogP contribution is -2.63. The first-order chi connectivity index (χ1) is 9.47. The Morgan fingerprint density at radius 3 is 2.48 bits per heavy atom. The zero-order valence-corrected chi connectivity index (χ0v) is 15.6. The molecular weight excluding hydrogens is 383 g/mol. The van der Waals surface area contributed by atoms with Crippen molar-refractivity contribution in [2.75, 3.05) is 20.7 Å². The van der Waals surface area contributed by atoms with E-state index in [-0.39, 0.29) is 47.9 Å². The number of hydrogen-bond donors (Lipinski definition) is 3. The molecule has 2 atom stereocenters. The summed E-state index contributed by atoms with van der Waals surface area (Å²) in [5, 5.41) is 9.36. The van der Waals surface area contributed by atoms with Gasteiger partial charge in [0.15, 0.2) is 5.96 Å². The molecule has 0 aromatic carbocycles. The molecule has 2 aliphatic carbocycles. The number of halogens is 1. The van der Waals surface area contributed by atoms with Gasteiger partial charge in [0, 0.05) is 31.7 Å². The molecule has 0 heterocycles. The summed E-state index contributed by atoms with van der Waals surface area (Å²) in [5.74, 6) is 0.696. The normalized spacial score (nSPS) is 27.1. The summed E-state index contributed by atoms with van der Waals surface area (Å²) in [4.78, 5) is 15.8. The third kappa shape index (κ3) is 4.70. The van der Waals surface area contributed by atoms with E-state index in [4.69, 9.17) is 4.74 Å². The molecule has 0 aliphatic heterocycles. The molecule has 0 bridgehead atoms. The fourth-order valence-corrected chi connectivity index (χ4v) is 2.56. The number of amides is 1.